The van der Waals surface area contributed by atoms with E-state index in [1.807, 2.05) is 13.8 Å². The lowest BCUT2D eigenvalue weighted by Crippen LogP contribution is -2.39. The van der Waals surface area contributed by atoms with Crippen LogP contribution in [0, 0.1) is 5.92 Å². The van der Waals surface area contributed by atoms with Crippen molar-refractivity contribution in [2.75, 3.05) is 13.1 Å². The molecule has 0 spiro atoms. The quantitative estimate of drug-likeness (QED) is 0.624. The van der Waals surface area contributed by atoms with E-state index in [1.54, 1.807) is 0 Å². The zero-order valence-corrected chi connectivity index (χ0v) is 9.27. The molecule has 2 heteroatoms. The fraction of sp³-hybridized carbons (Fsp3) is 1.00. The average Bonchev–Trinajstić information content (AvgIpc) is 2.60. The lowest BCUT2D eigenvalue weighted by Gasteiger charge is -2.33. The minimum Gasteiger partial charge on any atom is -0.296 e. The van der Waals surface area contributed by atoms with Crippen LogP contribution in [0.15, 0.2) is 0 Å². The molecule has 2 aliphatic heterocycles. The van der Waals surface area contributed by atoms with Crippen LogP contribution in [-0.4, -0.2) is 28.9 Å². The molecule has 2 atom stereocenters. The van der Waals surface area contributed by atoms with Gasteiger partial charge in [0.05, 0.1) is 0 Å². The van der Waals surface area contributed by atoms with E-state index in [1.165, 1.54) is 0 Å². The van der Waals surface area contributed by atoms with Crippen LogP contribution in [0.2, 0.25) is 0 Å². The maximum absolute atomic E-state index is 8.35. The molecule has 0 N–H and O–H groups in total. The molecule has 0 aromatic rings. The molecular formula is C11H20ClN. The highest BCUT2D eigenvalue weighted by molar-refractivity contribution is 6.21. The van der Waals surface area contributed by atoms with Gasteiger partial charge in [-0.25, -0.2) is 0 Å². The Balaban J connectivity index is 2.31. The van der Waals surface area contributed by atoms with E-state index in [9.17, 15) is 0 Å². The van der Waals surface area contributed by atoms with Crippen LogP contribution in [0.25, 0.3) is 0 Å². The number of fused-ring (bicyclic) bond motifs is 1. The van der Waals surface area contributed by atoms with E-state index in [0.717, 1.165) is 32.4 Å². The molecule has 0 aromatic heterocycles. The van der Waals surface area contributed by atoms with Crippen molar-refractivity contribution < 1.29 is 2.74 Å². The number of hydrogen-bond acceptors (Lipinski definition) is 1. The third kappa shape index (κ3) is 1.73. The molecular weight excluding hydrogens is 182 g/mol. The normalized spacial score (nSPS) is 43.5. The van der Waals surface area contributed by atoms with Crippen molar-refractivity contribution in [3.63, 3.8) is 0 Å². The average molecular weight is 204 g/mol. The summed E-state index contributed by atoms with van der Waals surface area (Å²) in [6.07, 6.45) is 1.80. The second-order valence-electron chi connectivity index (χ2n) is 4.68. The van der Waals surface area contributed by atoms with Gasteiger partial charge in [-0.15, -0.1) is 11.6 Å². The SMILES string of the molecule is [2H]C([2H])(C(C)C)[C@@]12CCCN1C[C@H](Cl)C2. The lowest BCUT2D eigenvalue weighted by atomic mass is 9.85. The van der Waals surface area contributed by atoms with Crippen LogP contribution in [0.3, 0.4) is 0 Å². The van der Waals surface area contributed by atoms with Crippen LogP contribution in [0.1, 0.15) is 42.2 Å². The van der Waals surface area contributed by atoms with Gasteiger partial charge in [0, 0.05) is 20.2 Å². The van der Waals surface area contributed by atoms with Gasteiger partial charge in [-0.1, -0.05) is 13.8 Å². The van der Waals surface area contributed by atoms with Gasteiger partial charge >= 0.3 is 0 Å². The largest absolute Gasteiger partial charge is 0.296 e. The molecule has 2 saturated heterocycles. The number of nitrogens with zero attached hydrogens (tertiary/aromatic N) is 1. The highest BCUT2D eigenvalue weighted by atomic mass is 35.5. The second kappa shape index (κ2) is 3.43. The monoisotopic (exact) mass is 203 g/mol. The van der Waals surface area contributed by atoms with Gasteiger partial charge in [0.15, 0.2) is 0 Å². The van der Waals surface area contributed by atoms with E-state index < -0.39 is 6.37 Å². The summed E-state index contributed by atoms with van der Waals surface area (Å²) in [5.41, 5.74) is -0.270. The van der Waals surface area contributed by atoms with Gasteiger partial charge in [0.1, 0.15) is 0 Å². The summed E-state index contributed by atoms with van der Waals surface area (Å²) < 4.78 is 16.7. The molecule has 13 heavy (non-hydrogen) atoms. The van der Waals surface area contributed by atoms with Gasteiger partial charge in [-0.2, -0.15) is 0 Å². The summed E-state index contributed by atoms with van der Waals surface area (Å²) in [7, 11) is 0. The first-order chi connectivity index (χ1) is 6.90. The van der Waals surface area contributed by atoms with Crippen LogP contribution in [0.4, 0.5) is 0 Å². The molecule has 0 saturated carbocycles. The Bertz CT molecular complexity index is 257. The summed E-state index contributed by atoms with van der Waals surface area (Å²) in [6, 6.07) is 0. The first-order valence-corrected chi connectivity index (χ1v) is 5.73. The maximum atomic E-state index is 8.35. The maximum Gasteiger partial charge on any atom is 0.0481 e. The Hall–Kier alpha value is 0.250. The molecule has 2 rings (SSSR count). The van der Waals surface area contributed by atoms with Crippen molar-refractivity contribution in [1.29, 1.82) is 0 Å². The highest BCUT2D eigenvalue weighted by Crippen LogP contribution is 2.44. The Morgan fingerprint density at radius 3 is 3.15 bits per heavy atom. The number of hydrogen-bond donors (Lipinski definition) is 0. The topological polar surface area (TPSA) is 3.24 Å². The summed E-state index contributed by atoms with van der Waals surface area (Å²) >= 11 is 6.21. The predicted octanol–water partition coefficient (Wildman–Crippen LogP) is 2.88. The molecule has 0 amide bonds. The predicted molar refractivity (Wildman–Crippen MR) is 57.3 cm³/mol. The van der Waals surface area contributed by atoms with Gasteiger partial charge in [0.2, 0.25) is 0 Å². The van der Waals surface area contributed by atoms with Crippen LogP contribution in [-0.2, 0) is 0 Å². The van der Waals surface area contributed by atoms with Crippen molar-refractivity contribution in [3.8, 4) is 0 Å². The van der Waals surface area contributed by atoms with Gasteiger partial charge in [-0.05, 0) is 38.1 Å². The fourth-order valence-corrected chi connectivity index (χ4v) is 3.28. The first-order valence-electron chi connectivity index (χ1n) is 6.29. The first kappa shape index (κ1) is 7.53. The van der Waals surface area contributed by atoms with Crippen molar-refractivity contribution in [2.45, 2.75) is 50.4 Å². The van der Waals surface area contributed by atoms with Crippen molar-refractivity contribution in [2.24, 2.45) is 5.92 Å². The molecule has 2 aliphatic rings. The Kier molecular flexibility index (Phi) is 1.99. The Morgan fingerprint density at radius 2 is 2.46 bits per heavy atom. The van der Waals surface area contributed by atoms with E-state index in [2.05, 4.69) is 4.90 Å². The second-order valence-corrected chi connectivity index (χ2v) is 5.30. The standard InChI is InChI=1S/C11H20ClN/c1-9(2)6-11-4-3-5-13(11)8-10(12)7-11/h9-10H,3-8H2,1-2H3/t10-,11-/m1/s1/i6D2. The van der Waals surface area contributed by atoms with Gasteiger partial charge in [0.25, 0.3) is 0 Å². The summed E-state index contributed by atoms with van der Waals surface area (Å²) in [4.78, 5) is 2.30. The third-order valence-electron chi connectivity index (χ3n) is 3.16. The molecule has 0 aliphatic carbocycles. The highest BCUT2D eigenvalue weighted by Gasteiger charge is 2.47. The van der Waals surface area contributed by atoms with E-state index >= 15 is 0 Å². The van der Waals surface area contributed by atoms with Crippen molar-refractivity contribution in [1.82, 2.24) is 4.90 Å². The third-order valence-corrected chi connectivity index (χ3v) is 3.45. The lowest BCUT2D eigenvalue weighted by molar-refractivity contribution is 0.163. The van der Waals surface area contributed by atoms with Crippen LogP contribution in [0.5, 0.6) is 0 Å². The smallest absolute Gasteiger partial charge is 0.0481 e. The van der Waals surface area contributed by atoms with E-state index in [0.29, 0.717) is 0 Å². The summed E-state index contributed by atoms with van der Waals surface area (Å²) in [6.45, 7) is 5.85. The fourth-order valence-electron chi connectivity index (χ4n) is 2.86. The number of rotatable bonds is 2. The Labute approximate surface area is 89.3 Å². The zero-order valence-electron chi connectivity index (χ0n) is 10.5. The molecule has 1 nitrogen and oxygen atoms in total. The summed E-state index contributed by atoms with van der Waals surface area (Å²) in [5, 5.41) is 0.138. The molecule has 0 bridgehead atoms. The molecule has 76 valence electrons. The summed E-state index contributed by atoms with van der Waals surface area (Å²) in [5.74, 6) is 0.0556. The molecule has 2 heterocycles. The van der Waals surface area contributed by atoms with Crippen LogP contribution < -0.4 is 0 Å². The minimum absolute atomic E-state index is 0.0556. The zero-order chi connectivity index (χ0) is 11.3. The van der Waals surface area contributed by atoms with Crippen molar-refractivity contribution >= 4 is 11.6 Å². The van der Waals surface area contributed by atoms with E-state index in [-0.39, 0.29) is 16.8 Å². The van der Waals surface area contributed by atoms with Gasteiger partial charge < -0.3 is 0 Å². The Morgan fingerprint density at radius 1 is 1.69 bits per heavy atom. The molecule has 2 fully saturated rings. The minimum atomic E-state index is -1.12. The number of alkyl halides is 1. The van der Waals surface area contributed by atoms with Crippen molar-refractivity contribution in [3.05, 3.63) is 0 Å². The van der Waals surface area contributed by atoms with Gasteiger partial charge in [-0.3, -0.25) is 4.90 Å². The molecule has 0 aromatic carbocycles. The molecule has 0 unspecified atom stereocenters. The van der Waals surface area contributed by atoms with Crippen LogP contribution >= 0.6 is 11.6 Å². The number of halogens is 1. The van der Waals surface area contributed by atoms with E-state index in [4.69, 9.17) is 14.3 Å². The molecule has 0 radical (unpaired) electrons.